The average molecular weight is 189 g/mol. The third-order valence-electron chi connectivity index (χ3n) is 1.44. The number of nitrogens with two attached hydrogens (primary N) is 1. The second kappa shape index (κ2) is 6.08. The first-order chi connectivity index (χ1) is 5.57. The van der Waals surface area contributed by atoms with E-state index in [1.165, 1.54) is 0 Å². The van der Waals surface area contributed by atoms with Crippen LogP contribution in [0, 0.1) is 0 Å². The summed E-state index contributed by atoms with van der Waals surface area (Å²) in [5, 5.41) is 8.89. The smallest absolute Gasteiger partial charge is 0.330 e. The molecule has 0 fully saturated rings. The maximum Gasteiger partial charge on any atom is 0.330 e. The van der Waals surface area contributed by atoms with Gasteiger partial charge in [0.25, 0.3) is 0 Å². The summed E-state index contributed by atoms with van der Waals surface area (Å²) in [5.41, 5.74) is 5.79. The molecule has 0 aliphatic heterocycles. The highest BCUT2D eigenvalue weighted by atomic mass is 32.2. The van der Waals surface area contributed by atoms with Crippen molar-refractivity contribution in [3.63, 3.8) is 0 Å². The first-order valence-electron chi connectivity index (χ1n) is 3.79. The molecule has 0 saturated carbocycles. The molecule has 1 unspecified atom stereocenters. The Kier molecular flexibility index (Phi) is 5.84. The van der Waals surface area contributed by atoms with Crippen molar-refractivity contribution < 1.29 is 9.90 Å². The van der Waals surface area contributed by atoms with Crippen LogP contribution in [0.3, 0.4) is 0 Å². The van der Waals surface area contributed by atoms with Gasteiger partial charge < -0.3 is 10.8 Å². The zero-order valence-corrected chi connectivity index (χ0v) is 8.23. The molecule has 0 aromatic heterocycles. The lowest BCUT2D eigenvalue weighted by atomic mass is 10.3. The largest absolute Gasteiger partial charge is 0.478 e. The van der Waals surface area contributed by atoms with E-state index in [0.29, 0.717) is 17.4 Å². The van der Waals surface area contributed by atoms with Crippen molar-refractivity contribution in [2.24, 2.45) is 5.73 Å². The molecule has 0 spiro atoms. The van der Waals surface area contributed by atoms with Crippen molar-refractivity contribution in [3.05, 3.63) is 11.6 Å². The molecule has 0 bridgehead atoms. The van der Waals surface area contributed by atoms with E-state index in [0.717, 1.165) is 5.75 Å². The number of rotatable bonds is 5. The van der Waals surface area contributed by atoms with Crippen LogP contribution in [0.25, 0.3) is 0 Å². The molecule has 3 nitrogen and oxygen atoms in total. The van der Waals surface area contributed by atoms with Gasteiger partial charge in [-0.05, 0) is 6.92 Å². The van der Waals surface area contributed by atoms with E-state index in [1.807, 2.05) is 6.92 Å². The van der Waals surface area contributed by atoms with Crippen LogP contribution in [-0.4, -0.2) is 28.6 Å². The number of thioether (sulfide) groups is 1. The normalized spacial score (nSPS) is 14.4. The molecule has 0 aliphatic rings. The fraction of sp³-hybridized carbons (Fsp3) is 0.625. The van der Waals surface area contributed by atoms with E-state index < -0.39 is 5.97 Å². The van der Waals surface area contributed by atoms with Crippen LogP contribution in [0.4, 0.5) is 0 Å². The van der Waals surface area contributed by atoms with Crippen molar-refractivity contribution >= 4 is 17.7 Å². The van der Waals surface area contributed by atoms with Gasteiger partial charge >= 0.3 is 5.97 Å². The Morgan fingerprint density at radius 3 is 2.75 bits per heavy atom. The summed E-state index contributed by atoms with van der Waals surface area (Å²) >= 11 is 1.66. The Morgan fingerprint density at radius 1 is 1.75 bits per heavy atom. The van der Waals surface area contributed by atoms with Crippen LogP contribution >= 0.6 is 11.8 Å². The SMILES string of the molecule is CC(=CCSC(C)CN)C(=O)O. The predicted molar refractivity (Wildman–Crippen MR) is 52.4 cm³/mol. The summed E-state index contributed by atoms with van der Waals surface area (Å²) in [6.45, 7) is 4.25. The van der Waals surface area contributed by atoms with Crippen molar-refractivity contribution in [3.8, 4) is 0 Å². The van der Waals surface area contributed by atoms with Gasteiger partial charge in [0.2, 0.25) is 0 Å². The van der Waals surface area contributed by atoms with Gasteiger partial charge in [0, 0.05) is 23.1 Å². The standard InChI is InChI=1S/C8H15NO2S/c1-6(8(10)11)3-4-12-7(2)5-9/h3,7H,4-5,9H2,1-2H3,(H,10,11). The molecule has 0 amide bonds. The minimum absolute atomic E-state index is 0.392. The number of carboxylic acids is 1. The lowest BCUT2D eigenvalue weighted by Crippen LogP contribution is -2.12. The molecule has 0 aromatic carbocycles. The monoisotopic (exact) mass is 189 g/mol. The Labute approximate surface area is 77.0 Å². The summed E-state index contributed by atoms with van der Waals surface area (Å²) in [6, 6.07) is 0. The highest BCUT2D eigenvalue weighted by molar-refractivity contribution is 8.00. The number of hydrogen-bond donors (Lipinski definition) is 2. The van der Waals surface area contributed by atoms with E-state index in [9.17, 15) is 4.79 Å². The summed E-state index contributed by atoms with van der Waals surface area (Å²) in [6.07, 6.45) is 1.71. The van der Waals surface area contributed by atoms with Crippen LogP contribution in [-0.2, 0) is 4.79 Å². The molecular weight excluding hydrogens is 174 g/mol. The topological polar surface area (TPSA) is 63.3 Å². The molecule has 70 valence electrons. The third-order valence-corrected chi connectivity index (χ3v) is 2.56. The summed E-state index contributed by atoms with van der Waals surface area (Å²) < 4.78 is 0. The van der Waals surface area contributed by atoms with Crippen LogP contribution < -0.4 is 5.73 Å². The Bertz CT molecular complexity index is 180. The Morgan fingerprint density at radius 2 is 2.33 bits per heavy atom. The fourth-order valence-corrected chi connectivity index (χ4v) is 1.30. The first kappa shape index (κ1) is 11.5. The van der Waals surface area contributed by atoms with E-state index in [1.54, 1.807) is 24.8 Å². The van der Waals surface area contributed by atoms with Gasteiger partial charge in [-0.15, -0.1) is 0 Å². The highest BCUT2D eigenvalue weighted by Crippen LogP contribution is 2.09. The van der Waals surface area contributed by atoms with E-state index in [4.69, 9.17) is 10.8 Å². The van der Waals surface area contributed by atoms with E-state index in [2.05, 4.69) is 0 Å². The minimum atomic E-state index is -0.851. The summed E-state index contributed by atoms with van der Waals surface area (Å²) in [4.78, 5) is 10.3. The zero-order valence-electron chi connectivity index (χ0n) is 7.41. The van der Waals surface area contributed by atoms with Crippen molar-refractivity contribution in [2.45, 2.75) is 19.1 Å². The lowest BCUT2D eigenvalue weighted by Gasteiger charge is -2.04. The molecule has 0 aromatic rings. The maximum absolute atomic E-state index is 10.3. The quantitative estimate of drug-likeness (QED) is 0.636. The maximum atomic E-state index is 10.3. The molecule has 0 saturated heterocycles. The van der Waals surface area contributed by atoms with Gasteiger partial charge in [-0.25, -0.2) is 4.79 Å². The molecule has 12 heavy (non-hydrogen) atoms. The molecule has 0 radical (unpaired) electrons. The Hall–Kier alpha value is -0.480. The van der Waals surface area contributed by atoms with E-state index >= 15 is 0 Å². The fourth-order valence-electron chi connectivity index (χ4n) is 0.493. The average Bonchev–Trinajstić information content (AvgIpc) is 2.03. The van der Waals surface area contributed by atoms with Gasteiger partial charge in [0.15, 0.2) is 0 Å². The molecule has 0 heterocycles. The second-order valence-corrected chi connectivity index (χ2v) is 4.04. The highest BCUT2D eigenvalue weighted by Gasteiger charge is 2.00. The molecule has 0 rings (SSSR count). The van der Waals surface area contributed by atoms with Crippen LogP contribution in [0.5, 0.6) is 0 Å². The Balaban J connectivity index is 3.67. The van der Waals surface area contributed by atoms with Crippen molar-refractivity contribution in [2.75, 3.05) is 12.3 Å². The van der Waals surface area contributed by atoms with Gasteiger partial charge in [0.1, 0.15) is 0 Å². The predicted octanol–water partition coefficient (Wildman–Crippen LogP) is 1.10. The number of hydrogen-bond acceptors (Lipinski definition) is 3. The van der Waals surface area contributed by atoms with Gasteiger partial charge in [-0.3, -0.25) is 0 Å². The third kappa shape index (κ3) is 5.21. The minimum Gasteiger partial charge on any atom is -0.478 e. The van der Waals surface area contributed by atoms with E-state index in [-0.39, 0.29) is 0 Å². The van der Waals surface area contributed by atoms with Gasteiger partial charge in [0.05, 0.1) is 0 Å². The van der Waals surface area contributed by atoms with Crippen molar-refractivity contribution in [1.82, 2.24) is 0 Å². The number of carboxylic acid groups (broad SMARTS) is 1. The molecule has 3 N–H and O–H groups in total. The van der Waals surface area contributed by atoms with Gasteiger partial charge in [-0.2, -0.15) is 11.8 Å². The lowest BCUT2D eigenvalue weighted by molar-refractivity contribution is -0.132. The molecule has 4 heteroatoms. The number of carbonyl (C=O) groups is 1. The van der Waals surface area contributed by atoms with Crippen LogP contribution in [0.2, 0.25) is 0 Å². The number of aliphatic carboxylic acids is 1. The first-order valence-corrected chi connectivity index (χ1v) is 4.84. The van der Waals surface area contributed by atoms with Crippen molar-refractivity contribution in [1.29, 1.82) is 0 Å². The summed E-state index contributed by atoms with van der Waals surface area (Å²) in [7, 11) is 0. The molecule has 1 atom stereocenters. The summed E-state index contributed by atoms with van der Waals surface area (Å²) in [5.74, 6) is -0.132. The second-order valence-electron chi connectivity index (χ2n) is 2.57. The van der Waals surface area contributed by atoms with Crippen LogP contribution in [0.1, 0.15) is 13.8 Å². The zero-order chi connectivity index (χ0) is 9.56. The molecular formula is C8H15NO2S. The van der Waals surface area contributed by atoms with Crippen LogP contribution in [0.15, 0.2) is 11.6 Å². The van der Waals surface area contributed by atoms with Gasteiger partial charge in [-0.1, -0.05) is 13.0 Å². The molecule has 0 aliphatic carbocycles.